The number of rotatable bonds is 3. The van der Waals surface area contributed by atoms with Crippen molar-refractivity contribution in [3.63, 3.8) is 0 Å². The summed E-state index contributed by atoms with van der Waals surface area (Å²) in [7, 11) is 0. The van der Waals surface area contributed by atoms with Gasteiger partial charge in [-0.05, 0) is 36.1 Å². The van der Waals surface area contributed by atoms with Gasteiger partial charge in [0.1, 0.15) is 11.8 Å². The van der Waals surface area contributed by atoms with E-state index < -0.39 is 0 Å². The number of fused-ring (bicyclic) bond motifs is 4. The van der Waals surface area contributed by atoms with Crippen LogP contribution in [0.25, 0.3) is 27.5 Å². The summed E-state index contributed by atoms with van der Waals surface area (Å²) in [6.07, 6.45) is 6.16. The number of anilines is 1. The third-order valence-corrected chi connectivity index (χ3v) is 5.87. The van der Waals surface area contributed by atoms with E-state index in [1.807, 2.05) is 28.9 Å². The fraction of sp³-hybridized carbons (Fsp3) is 0.217. The highest BCUT2D eigenvalue weighted by Crippen LogP contribution is 2.44. The van der Waals surface area contributed by atoms with Crippen LogP contribution in [0.15, 0.2) is 55.5 Å². The molecule has 0 unspecified atom stereocenters. The number of hydrogen-bond donors (Lipinski definition) is 2. The van der Waals surface area contributed by atoms with Crippen LogP contribution < -0.4 is 11.1 Å². The fourth-order valence-electron chi connectivity index (χ4n) is 4.65. The van der Waals surface area contributed by atoms with E-state index in [0.29, 0.717) is 12.2 Å². The first-order valence-corrected chi connectivity index (χ1v) is 9.99. The van der Waals surface area contributed by atoms with Crippen LogP contribution in [0, 0.1) is 0 Å². The number of nitrogens with one attached hydrogen (secondary N) is 1. The summed E-state index contributed by atoms with van der Waals surface area (Å²) in [6.45, 7) is 5.73. The van der Waals surface area contributed by atoms with Crippen molar-refractivity contribution in [1.82, 2.24) is 24.9 Å². The Balaban J connectivity index is 1.74. The molecule has 1 aromatic carbocycles. The smallest absolute Gasteiger partial charge is 0.243 e. The first kappa shape index (κ1) is 18.3. The molecule has 3 aromatic heterocycles. The topological polar surface area (TPSA) is 98.2 Å². The number of amides is 1. The van der Waals surface area contributed by atoms with Gasteiger partial charge in [-0.2, -0.15) is 5.10 Å². The Morgan fingerprint density at radius 1 is 1.33 bits per heavy atom. The van der Waals surface area contributed by atoms with Gasteiger partial charge in [0.15, 0.2) is 5.82 Å². The van der Waals surface area contributed by atoms with Crippen LogP contribution in [0.1, 0.15) is 30.5 Å². The van der Waals surface area contributed by atoms with Gasteiger partial charge in [-0.25, -0.2) is 9.50 Å². The Kier molecular flexibility index (Phi) is 4.24. The summed E-state index contributed by atoms with van der Waals surface area (Å²) >= 11 is 0. The number of aromatic nitrogens is 4. The Bertz CT molecular complexity index is 1310. The van der Waals surface area contributed by atoms with Crippen molar-refractivity contribution < 1.29 is 4.79 Å². The maximum atomic E-state index is 11.9. The number of para-hydroxylation sites is 1. The maximum Gasteiger partial charge on any atom is 0.243 e. The zero-order chi connectivity index (χ0) is 20.8. The fourth-order valence-corrected chi connectivity index (χ4v) is 4.65. The molecule has 7 heteroatoms. The molecule has 30 heavy (non-hydrogen) atoms. The number of carbonyl (C=O) groups excluding carboxylic acids is 1. The SMILES string of the molecule is C=CC(=O)N[C@H]1Cc2c(c(-c3cnc4ccccc4c3)c3c(N)ncnn23)[C@@H](C)C1. The molecule has 0 radical (unpaired) electrons. The number of nitrogen functional groups attached to an aromatic ring is 1. The number of pyridine rings is 1. The second-order valence-corrected chi connectivity index (χ2v) is 7.81. The summed E-state index contributed by atoms with van der Waals surface area (Å²) < 4.78 is 1.88. The van der Waals surface area contributed by atoms with Crippen LogP contribution >= 0.6 is 0 Å². The minimum atomic E-state index is -0.162. The molecule has 2 atom stereocenters. The van der Waals surface area contributed by atoms with Gasteiger partial charge in [-0.3, -0.25) is 9.78 Å². The minimum absolute atomic E-state index is 0.00914. The van der Waals surface area contributed by atoms with Gasteiger partial charge in [0, 0.05) is 40.9 Å². The van der Waals surface area contributed by atoms with Crippen molar-refractivity contribution in [1.29, 1.82) is 0 Å². The van der Waals surface area contributed by atoms with Crippen molar-refractivity contribution in [2.75, 3.05) is 5.73 Å². The van der Waals surface area contributed by atoms with Crippen molar-refractivity contribution in [2.45, 2.75) is 31.7 Å². The molecule has 0 bridgehead atoms. The van der Waals surface area contributed by atoms with E-state index in [9.17, 15) is 4.79 Å². The molecule has 0 saturated carbocycles. The Morgan fingerprint density at radius 2 is 2.17 bits per heavy atom. The van der Waals surface area contributed by atoms with E-state index in [4.69, 9.17) is 5.73 Å². The number of carbonyl (C=O) groups is 1. The molecule has 0 saturated heterocycles. The van der Waals surface area contributed by atoms with Gasteiger partial charge >= 0.3 is 0 Å². The number of nitrogens with two attached hydrogens (primary N) is 1. The number of hydrogen-bond acceptors (Lipinski definition) is 5. The summed E-state index contributed by atoms with van der Waals surface area (Å²) in [5.41, 5.74) is 12.3. The van der Waals surface area contributed by atoms with Crippen molar-refractivity contribution >= 4 is 28.1 Å². The predicted molar refractivity (Wildman–Crippen MR) is 117 cm³/mol. The Morgan fingerprint density at radius 3 is 3.00 bits per heavy atom. The average molecular weight is 398 g/mol. The van der Waals surface area contributed by atoms with Crippen LogP contribution in [0.5, 0.6) is 0 Å². The molecule has 7 nitrogen and oxygen atoms in total. The monoisotopic (exact) mass is 398 g/mol. The summed E-state index contributed by atoms with van der Waals surface area (Å²) in [6, 6.07) is 10.2. The van der Waals surface area contributed by atoms with Gasteiger partial charge in [0.05, 0.1) is 5.52 Å². The molecule has 150 valence electrons. The average Bonchev–Trinajstić information content (AvgIpc) is 3.09. The van der Waals surface area contributed by atoms with E-state index in [0.717, 1.165) is 39.7 Å². The highest BCUT2D eigenvalue weighted by atomic mass is 16.1. The molecular formula is C23H22N6O. The van der Waals surface area contributed by atoms with Crippen molar-refractivity contribution in [2.24, 2.45) is 0 Å². The lowest BCUT2D eigenvalue weighted by atomic mass is 9.81. The summed E-state index contributed by atoms with van der Waals surface area (Å²) in [5.74, 6) is 0.470. The van der Waals surface area contributed by atoms with Gasteiger partial charge in [-0.15, -0.1) is 0 Å². The van der Waals surface area contributed by atoms with E-state index in [1.165, 1.54) is 18.0 Å². The Labute approximate surface area is 173 Å². The first-order valence-electron chi connectivity index (χ1n) is 9.99. The molecule has 0 aliphatic heterocycles. The third-order valence-electron chi connectivity index (χ3n) is 5.87. The van der Waals surface area contributed by atoms with E-state index in [1.54, 1.807) is 0 Å². The van der Waals surface area contributed by atoms with Gasteiger partial charge in [0.25, 0.3) is 0 Å². The lowest BCUT2D eigenvalue weighted by Crippen LogP contribution is -2.39. The highest BCUT2D eigenvalue weighted by Gasteiger charge is 2.33. The van der Waals surface area contributed by atoms with E-state index in [-0.39, 0.29) is 17.9 Å². The molecule has 1 aliphatic carbocycles. The third kappa shape index (κ3) is 2.82. The standard InChI is InChI=1S/C23H22N6O/c1-3-19(30)28-16-8-13(2)20-18(10-16)29-22(23(24)26-12-27-29)21(20)15-9-14-6-4-5-7-17(14)25-11-15/h3-7,9,11-13,16H,1,8,10H2,2H3,(H,28,30)(H2,24,26,27)/t13-,16+/m0/s1. The largest absolute Gasteiger partial charge is 0.382 e. The quantitative estimate of drug-likeness (QED) is 0.516. The zero-order valence-electron chi connectivity index (χ0n) is 16.7. The van der Waals surface area contributed by atoms with Crippen molar-refractivity contribution in [3.05, 3.63) is 66.8 Å². The second-order valence-electron chi connectivity index (χ2n) is 7.81. The normalized spacial score (nSPS) is 18.3. The first-order chi connectivity index (χ1) is 14.6. The number of benzene rings is 1. The van der Waals surface area contributed by atoms with Gasteiger partial charge in [0.2, 0.25) is 5.91 Å². The van der Waals surface area contributed by atoms with Gasteiger partial charge in [-0.1, -0.05) is 31.7 Å². The molecule has 1 amide bonds. The summed E-state index contributed by atoms with van der Waals surface area (Å²) in [5, 5.41) is 8.61. The van der Waals surface area contributed by atoms with Gasteiger partial charge < -0.3 is 11.1 Å². The minimum Gasteiger partial charge on any atom is -0.382 e. The molecule has 5 rings (SSSR count). The molecule has 3 N–H and O–H groups in total. The molecule has 0 fully saturated rings. The van der Waals surface area contributed by atoms with Crippen LogP contribution in [-0.4, -0.2) is 31.5 Å². The molecular weight excluding hydrogens is 376 g/mol. The van der Waals surface area contributed by atoms with Crippen LogP contribution in [0.3, 0.4) is 0 Å². The molecule has 3 heterocycles. The lowest BCUT2D eigenvalue weighted by molar-refractivity contribution is -0.117. The van der Waals surface area contributed by atoms with Crippen LogP contribution in [-0.2, 0) is 11.2 Å². The second kappa shape index (κ2) is 6.95. The Hall–Kier alpha value is -3.74. The summed E-state index contributed by atoms with van der Waals surface area (Å²) in [4.78, 5) is 20.8. The lowest BCUT2D eigenvalue weighted by Gasteiger charge is -2.28. The molecule has 1 aliphatic rings. The number of nitrogens with zero attached hydrogens (tertiary/aromatic N) is 4. The van der Waals surface area contributed by atoms with Crippen LogP contribution in [0.4, 0.5) is 5.82 Å². The molecule has 4 aromatic rings. The van der Waals surface area contributed by atoms with E-state index in [2.05, 4.69) is 46.0 Å². The van der Waals surface area contributed by atoms with Crippen molar-refractivity contribution in [3.8, 4) is 11.1 Å². The van der Waals surface area contributed by atoms with Crippen LogP contribution in [0.2, 0.25) is 0 Å². The molecule has 0 spiro atoms. The predicted octanol–water partition coefficient (Wildman–Crippen LogP) is 3.25. The highest BCUT2D eigenvalue weighted by molar-refractivity contribution is 5.94. The zero-order valence-corrected chi connectivity index (χ0v) is 16.7. The van der Waals surface area contributed by atoms with E-state index >= 15 is 0 Å². The maximum absolute atomic E-state index is 11.9.